The van der Waals surface area contributed by atoms with E-state index < -0.39 is 12.0 Å². The Hall–Kier alpha value is -1.90. The number of hydrogen-bond donors (Lipinski definition) is 1. The van der Waals surface area contributed by atoms with E-state index in [1.807, 2.05) is 25.1 Å². The molecular formula is C30H42F2O. The van der Waals surface area contributed by atoms with Crippen LogP contribution in [0.2, 0.25) is 0 Å². The second kappa shape index (κ2) is 12.5. The molecule has 0 amide bonds. The summed E-state index contributed by atoms with van der Waals surface area (Å²) >= 11 is 0. The fraction of sp³-hybridized carbons (Fsp3) is 0.600. The average molecular weight is 457 g/mol. The Morgan fingerprint density at radius 3 is 1.91 bits per heavy atom. The summed E-state index contributed by atoms with van der Waals surface area (Å²) < 4.78 is 26.7. The standard InChI is InChI=1S/C16H23F.C14H19FO/c1-3-16(17)15-10-8-14(9-11-15)13-6-4-12(2)5-7-13;1-2-10-3-5-11(6-4-10)12-7-8-14(16)13(15)9-12/h8-13,16H,3-7H2,1-2H3;7-11,16H,2-6H2,1H3. The summed E-state index contributed by atoms with van der Waals surface area (Å²) in [5, 5.41) is 9.15. The van der Waals surface area contributed by atoms with Crippen molar-refractivity contribution in [1.29, 1.82) is 0 Å². The molecule has 1 unspecified atom stereocenters. The first kappa shape index (κ1) is 25.7. The largest absolute Gasteiger partial charge is 0.505 e. The van der Waals surface area contributed by atoms with Gasteiger partial charge in [0.1, 0.15) is 6.17 Å². The summed E-state index contributed by atoms with van der Waals surface area (Å²) in [5.74, 6) is 2.21. The zero-order chi connectivity index (χ0) is 23.8. The van der Waals surface area contributed by atoms with Crippen molar-refractivity contribution in [1.82, 2.24) is 0 Å². The normalized spacial score (nSPS) is 26.2. The Balaban J connectivity index is 0.000000186. The van der Waals surface area contributed by atoms with Gasteiger partial charge in [0, 0.05) is 0 Å². The molecule has 182 valence electrons. The van der Waals surface area contributed by atoms with Crippen LogP contribution in [-0.2, 0) is 0 Å². The van der Waals surface area contributed by atoms with Crippen LogP contribution in [0.25, 0.3) is 0 Å². The van der Waals surface area contributed by atoms with Gasteiger partial charge in [-0.2, -0.15) is 0 Å². The van der Waals surface area contributed by atoms with Gasteiger partial charge in [-0.25, -0.2) is 8.78 Å². The van der Waals surface area contributed by atoms with E-state index in [1.54, 1.807) is 0 Å². The highest BCUT2D eigenvalue weighted by Crippen LogP contribution is 2.38. The maximum atomic E-state index is 13.5. The maximum Gasteiger partial charge on any atom is 0.165 e. The fourth-order valence-electron chi connectivity index (χ4n) is 5.49. The molecule has 0 heterocycles. The minimum Gasteiger partial charge on any atom is -0.505 e. The SMILES string of the molecule is CCC(F)c1ccc(C2CCC(C)CC2)cc1.CCC1CCC(c2ccc(O)c(F)c2)CC1. The number of phenols is 1. The molecule has 1 atom stereocenters. The number of phenolic OH excluding ortho intramolecular Hbond substituents is 1. The van der Waals surface area contributed by atoms with Gasteiger partial charge in [-0.15, -0.1) is 0 Å². The lowest BCUT2D eigenvalue weighted by atomic mass is 9.78. The molecule has 2 saturated carbocycles. The molecular weight excluding hydrogens is 414 g/mol. The van der Waals surface area contributed by atoms with Crippen LogP contribution < -0.4 is 0 Å². The molecule has 3 heteroatoms. The van der Waals surface area contributed by atoms with Crippen LogP contribution in [0, 0.1) is 17.7 Å². The monoisotopic (exact) mass is 456 g/mol. The quantitative estimate of drug-likeness (QED) is 0.475. The van der Waals surface area contributed by atoms with Crippen LogP contribution >= 0.6 is 0 Å². The first-order chi connectivity index (χ1) is 15.9. The Bertz CT molecular complexity index is 831. The fourth-order valence-corrected chi connectivity index (χ4v) is 5.49. The molecule has 0 aliphatic heterocycles. The van der Waals surface area contributed by atoms with Gasteiger partial charge in [0.25, 0.3) is 0 Å². The molecule has 1 N–H and O–H groups in total. The van der Waals surface area contributed by atoms with Crippen molar-refractivity contribution < 1.29 is 13.9 Å². The predicted octanol–water partition coefficient (Wildman–Crippen LogP) is 9.62. The summed E-state index contributed by atoms with van der Waals surface area (Å²) in [7, 11) is 0. The Kier molecular flexibility index (Phi) is 9.77. The average Bonchev–Trinajstić information content (AvgIpc) is 2.86. The van der Waals surface area contributed by atoms with Crippen LogP contribution in [0.5, 0.6) is 5.75 Å². The summed E-state index contributed by atoms with van der Waals surface area (Å²) in [4.78, 5) is 0. The number of alkyl halides is 1. The Morgan fingerprint density at radius 1 is 0.818 bits per heavy atom. The highest BCUT2D eigenvalue weighted by Gasteiger charge is 2.22. The molecule has 2 aliphatic rings. The van der Waals surface area contributed by atoms with Crippen LogP contribution in [-0.4, -0.2) is 5.11 Å². The van der Waals surface area contributed by atoms with Crippen LogP contribution in [0.4, 0.5) is 8.78 Å². The first-order valence-corrected chi connectivity index (χ1v) is 13.1. The predicted molar refractivity (Wildman–Crippen MR) is 134 cm³/mol. The lowest BCUT2D eigenvalue weighted by Crippen LogP contribution is -2.12. The number of benzene rings is 2. The number of aromatic hydroxyl groups is 1. The smallest absolute Gasteiger partial charge is 0.165 e. The second-order valence-electron chi connectivity index (χ2n) is 10.3. The Morgan fingerprint density at radius 2 is 1.36 bits per heavy atom. The highest BCUT2D eigenvalue weighted by atomic mass is 19.1. The lowest BCUT2D eigenvalue weighted by molar-refractivity contribution is 0.318. The lowest BCUT2D eigenvalue weighted by Gasteiger charge is -2.28. The molecule has 2 aromatic rings. The summed E-state index contributed by atoms with van der Waals surface area (Å²) in [5.41, 5.74) is 3.29. The Labute approximate surface area is 199 Å². The molecule has 0 bridgehead atoms. The molecule has 2 fully saturated rings. The van der Waals surface area contributed by atoms with Crippen LogP contribution in [0.15, 0.2) is 42.5 Å². The maximum absolute atomic E-state index is 13.5. The molecule has 33 heavy (non-hydrogen) atoms. The molecule has 4 rings (SSSR count). The van der Waals surface area contributed by atoms with Gasteiger partial charge < -0.3 is 5.11 Å². The molecule has 1 nitrogen and oxygen atoms in total. The van der Waals surface area contributed by atoms with Gasteiger partial charge in [-0.1, -0.05) is 70.4 Å². The van der Waals surface area contributed by atoms with E-state index in [0.717, 1.165) is 35.8 Å². The van der Waals surface area contributed by atoms with E-state index in [0.29, 0.717) is 18.3 Å². The molecule has 2 aromatic carbocycles. The number of halogens is 2. The van der Waals surface area contributed by atoms with Gasteiger partial charge in [0.15, 0.2) is 11.6 Å². The van der Waals surface area contributed by atoms with Crippen LogP contribution in [0.3, 0.4) is 0 Å². The van der Waals surface area contributed by atoms with Crippen molar-refractivity contribution in [3.63, 3.8) is 0 Å². The van der Waals surface area contributed by atoms with Crippen molar-refractivity contribution >= 4 is 0 Å². The van der Waals surface area contributed by atoms with Crippen LogP contribution in [0.1, 0.15) is 120 Å². The van der Waals surface area contributed by atoms with E-state index >= 15 is 0 Å². The molecule has 0 aromatic heterocycles. The first-order valence-electron chi connectivity index (χ1n) is 13.1. The minimum absolute atomic E-state index is 0.244. The third-order valence-corrected chi connectivity index (χ3v) is 8.01. The topological polar surface area (TPSA) is 20.2 Å². The van der Waals surface area contributed by atoms with Gasteiger partial charge in [-0.3, -0.25) is 0 Å². The number of hydrogen-bond acceptors (Lipinski definition) is 1. The van der Waals surface area contributed by atoms with E-state index in [4.69, 9.17) is 5.11 Å². The third kappa shape index (κ3) is 7.29. The highest BCUT2D eigenvalue weighted by molar-refractivity contribution is 5.30. The summed E-state index contributed by atoms with van der Waals surface area (Å²) in [6, 6.07) is 13.0. The van der Waals surface area contributed by atoms with Gasteiger partial charge in [-0.05, 0) is 97.4 Å². The van der Waals surface area contributed by atoms with Crippen molar-refractivity contribution in [2.45, 2.75) is 103 Å². The third-order valence-electron chi connectivity index (χ3n) is 8.01. The zero-order valence-electron chi connectivity index (χ0n) is 20.7. The van der Waals surface area contributed by atoms with E-state index in [2.05, 4.69) is 26.0 Å². The molecule has 2 aliphatic carbocycles. The van der Waals surface area contributed by atoms with Gasteiger partial charge >= 0.3 is 0 Å². The summed E-state index contributed by atoms with van der Waals surface area (Å²) in [6.45, 7) is 6.47. The van der Waals surface area contributed by atoms with E-state index in [1.165, 1.54) is 62.6 Å². The van der Waals surface area contributed by atoms with Gasteiger partial charge in [0.2, 0.25) is 0 Å². The van der Waals surface area contributed by atoms with Crippen molar-refractivity contribution in [3.05, 3.63) is 65.0 Å². The van der Waals surface area contributed by atoms with Crippen molar-refractivity contribution in [3.8, 4) is 5.75 Å². The van der Waals surface area contributed by atoms with E-state index in [9.17, 15) is 8.78 Å². The minimum atomic E-state index is -0.796. The number of rotatable bonds is 5. The van der Waals surface area contributed by atoms with E-state index in [-0.39, 0.29) is 5.75 Å². The molecule has 0 spiro atoms. The van der Waals surface area contributed by atoms with Gasteiger partial charge in [0.05, 0.1) is 0 Å². The zero-order valence-corrected chi connectivity index (χ0v) is 20.7. The second-order valence-corrected chi connectivity index (χ2v) is 10.3. The molecule has 0 saturated heterocycles. The summed E-state index contributed by atoms with van der Waals surface area (Å²) in [6.07, 6.45) is 11.1. The molecule has 0 radical (unpaired) electrons. The van der Waals surface area contributed by atoms with Crippen molar-refractivity contribution in [2.75, 3.05) is 0 Å². The van der Waals surface area contributed by atoms with Crippen molar-refractivity contribution in [2.24, 2.45) is 11.8 Å².